The molecule has 1 fully saturated rings. The highest BCUT2D eigenvalue weighted by molar-refractivity contribution is 9.10. The average molecular weight is 275 g/mol. The van der Waals surface area contributed by atoms with Crippen LogP contribution in [0.5, 0.6) is 0 Å². The highest BCUT2D eigenvalue weighted by Crippen LogP contribution is 2.30. The Morgan fingerprint density at radius 1 is 1.20 bits per heavy atom. The van der Waals surface area contributed by atoms with E-state index in [-0.39, 0.29) is 15.7 Å². The fourth-order valence-electron chi connectivity index (χ4n) is 1.13. The second-order valence-electron chi connectivity index (χ2n) is 2.68. The van der Waals surface area contributed by atoms with Gasteiger partial charge in [-0.1, -0.05) is 31.9 Å². The van der Waals surface area contributed by atoms with Gasteiger partial charge in [0.05, 0.1) is 0 Å². The third-order valence-corrected chi connectivity index (χ3v) is 3.77. The maximum atomic E-state index is 12.7. The first-order valence-electron chi connectivity index (χ1n) is 3.29. The third-order valence-electron chi connectivity index (χ3n) is 1.80. The lowest BCUT2D eigenvalue weighted by atomic mass is 9.94. The lowest BCUT2D eigenvalue weighted by Crippen LogP contribution is -2.45. The monoisotopic (exact) mass is 273 g/mol. The summed E-state index contributed by atoms with van der Waals surface area (Å²) in [5.41, 5.74) is 5.72. The van der Waals surface area contributed by atoms with E-state index in [9.17, 15) is 4.39 Å². The Morgan fingerprint density at radius 2 is 1.60 bits per heavy atom. The van der Waals surface area contributed by atoms with Crippen LogP contribution < -0.4 is 5.73 Å². The number of hydrogen-bond acceptors (Lipinski definition) is 1. The smallest absolute Gasteiger partial charge is 0.102 e. The minimum absolute atomic E-state index is 0.0481. The Kier molecular flexibility index (Phi) is 3.13. The zero-order valence-electron chi connectivity index (χ0n) is 5.43. The van der Waals surface area contributed by atoms with Gasteiger partial charge in [-0.15, -0.1) is 0 Å². The van der Waals surface area contributed by atoms with Crippen molar-refractivity contribution in [2.24, 2.45) is 5.73 Å². The molecule has 1 aliphatic rings. The van der Waals surface area contributed by atoms with E-state index >= 15 is 0 Å². The zero-order valence-corrected chi connectivity index (χ0v) is 8.61. The van der Waals surface area contributed by atoms with Crippen LogP contribution in [0.25, 0.3) is 0 Å². The first-order chi connectivity index (χ1) is 4.61. The van der Waals surface area contributed by atoms with E-state index < -0.39 is 6.17 Å². The van der Waals surface area contributed by atoms with E-state index in [1.807, 2.05) is 0 Å². The summed E-state index contributed by atoms with van der Waals surface area (Å²) in [4.78, 5) is 0.251. The molecule has 1 rings (SSSR count). The molecule has 10 heavy (non-hydrogen) atoms. The fraction of sp³-hybridized carbons (Fsp3) is 1.00. The van der Waals surface area contributed by atoms with Gasteiger partial charge in [0.25, 0.3) is 0 Å². The van der Waals surface area contributed by atoms with Crippen molar-refractivity contribution >= 4 is 31.9 Å². The summed E-state index contributed by atoms with van der Waals surface area (Å²) in [6, 6.07) is 0.0481. The summed E-state index contributed by atoms with van der Waals surface area (Å²) in [6.07, 6.45) is 0.389. The van der Waals surface area contributed by atoms with Crippen LogP contribution in [-0.2, 0) is 0 Å². The molecule has 0 heterocycles. The fourth-order valence-corrected chi connectivity index (χ4v) is 3.08. The van der Waals surface area contributed by atoms with Crippen LogP contribution in [0, 0.1) is 0 Å². The zero-order chi connectivity index (χ0) is 7.72. The van der Waals surface area contributed by atoms with E-state index in [4.69, 9.17) is 5.73 Å². The minimum atomic E-state index is -0.700. The van der Waals surface area contributed by atoms with Crippen LogP contribution in [0.1, 0.15) is 12.8 Å². The summed E-state index contributed by atoms with van der Waals surface area (Å²) in [5, 5.41) is 0. The SMILES string of the molecule is NC1C(Br)CC(F)CC1Br. The summed E-state index contributed by atoms with van der Waals surface area (Å²) in [6.45, 7) is 0. The van der Waals surface area contributed by atoms with Gasteiger partial charge in [0, 0.05) is 15.7 Å². The molecule has 1 saturated carbocycles. The minimum Gasteiger partial charge on any atom is -0.326 e. The molecule has 0 amide bonds. The van der Waals surface area contributed by atoms with Crippen LogP contribution in [0.15, 0.2) is 0 Å². The molecule has 2 unspecified atom stereocenters. The molecule has 1 aliphatic carbocycles. The summed E-state index contributed by atoms with van der Waals surface area (Å²) >= 11 is 6.68. The van der Waals surface area contributed by atoms with Crippen molar-refractivity contribution < 1.29 is 4.39 Å². The van der Waals surface area contributed by atoms with Crippen molar-refractivity contribution in [1.82, 2.24) is 0 Å². The van der Waals surface area contributed by atoms with Crippen molar-refractivity contribution in [3.8, 4) is 0 Å². The lowest BCUT2D eigenvalue weighted by molar-refractivity contribution is 0.250. The van der Waals surface area contributed by atoms with Crippen molar-refractivity contribution in [2.75, 3.05) is 0 Å². The van der Waals surface area contributed by atoms with Crippen molar-refractivity contribution in [3.05, 3.63) is 0 Å². The number of nitrogens with two attached hydrogens (primary N) is 1. The number of alkyl halides is 3. The molecule has 60 valence electrons. The molecule has 0 aliphatic heterocycles. The van der Waals surface area contributed by atoms with Crippen LogP contribution in [0.4, 0.5) is 4.39 Å². The van der Waals surface area contributed by atoms with E-state index in [0.717, 1.165) is 0 Å². The normalized spacial score (nSPS) is 49.2. The van der Waals surface area contributed by atoms with Gasteiger partial charge in [-0.05, 0) is 12.8 Å². The van der Waals surface area contributed by atoms with Gasteiger partial charge in [-0.25, -0.2) is 4.39 Å². The molecule has 2 N–H and O–H groups in total. The molecule has 0 radical (unpaired) electrons. The highest BCUT2D eigenvalue weighted by Gasteiger charge is 2.32. The Morgan fingerprint density at radius 3 is 2.00 bits per heavy atom. The molecule has 0 spiro atoms. The van der Waals surface area contributed by atoms with E-state index in [1.165, 1.54) is 0 Å². The molecule has 2 atom stereocenters. The van der Waals surface area contributed by atoms with E-state index in [0.29, 0.717) is 12.8 Å². The topological polar surface area (TPSA) is 26.0 Å². The van der Waals surface area contributed by atoms with Gasteiger partial charge in [0.1, 0.15) is 6.17 Å². The Labute approximate surface area is 76.8 Å². The maximum Gasteiger partial charge on any atom is 0.102 e. The van der Waals surface area contributed by atoms with Crippen LogP contribution >= 0.6 is 31.9 Å². The molecular weight excluding hydrogens is 265 g/mol. The summed E-state index contributed by atoms with van der Waals surface area (Å²) in [7, 11) is 0. The average Bonchev–Trinajstić information content (AvgIpc) is 1.82. The molecule has 4 heteroatoms. The maximum absolute atomic E-state index is 12.7. The Hall–Kier alpha value is 0.850. The second kappa shape index (κ2) is 3.50. The number of halogens is 3. The molecule has 0 aromatic rings. The van der Waals surface area contributed by atoms with Gasteiger partial charge in [0.2, 0.25) is 0 Å². The predicted octanol–water partition coefficient (Wildman–Crippen LogP) is 1.97. The Balaban J connectivity index is 2.49. The number of hydrogen-bond donors (Lipinski definition) is 1. The first-order valence-corrected chi connectivity index (χ1v) is 5.12. The molecular formula is C6H10Br2FN. The standard InChI is InChI=1S/C6H10Br2FN/c7-4-1-3(9)2-5(8)6(4)10/h3-6H,1-2,10H2. The van der Waals surface area contributed by atoms with E-state index in [2.05, 4.69) is 31.9 Å². The van der Waals surface area contributed by atoms with Crippen LogP contribution in [0.2, 0.25) is 0 Å². The molecule has 0 saturated heterocycles. The first kappa shape index (κ1) is 8.94. The van der Waals surface area contributed by atoms with Gasteiger partial charge in [-0.3, -0.25) is 0 Å². The van der Waals surface area contributed by atoms with Gasteiger partial charge in [0.15, 0.2) is 0 Å². The quantitative estimate of drug-likeness (QED) is 0.672. The molecule has 0 aromatic carbocycles. The van der Waals surface area contributed by atoms with E-state index in [1.54, 1.807) is 0 Å². The van der Waals surface area contributed by atoms with Gasteiger partial charge < -0.3 is 5.73 Å². The van der Waals surface area contributed by atoms with Gasteiger partial charge in [-0.2, -0.15) is 0 Å². The summed E-state index contributed by atoms with van der Waals surface area (Å²) in [5.74, 6) is 0. The van der Waals surface area contributed by atoms with Crippen LogP contribution in [0.3, 0.4) is 0 Å². The predicted molar refractivity (Wildman–Crippen MR) is 47.5 cm³/mol. The van der Waals surface area contributed by atoms with Crippen molar-refractivity contribution in [2.45, 2.75) is 34.7 Å². The lowest BCUT2D eigenvalue weighted by Gasteiger charge is -2.30. The summed E-state index contributed by atoms with van der Waals surface area (Å²) < 4.78 is 12.7. The second-order valence-corrected chi connectivity index (χ2v) is 5.03. The van der Waals surface area contributed by atoms with Gasteiger partial charge >= 0.3 is 0 Å². The van der Waals surface area contributed by atoms with Crippen molar-refractivity contribution in [1.29, 1.82) is 0 Å². The Bertz CT molecular complexity index is 110. The molecule has 1 nitrogen and oxygen atoms in total. The largest absolute Gasteiger partial charge is 0.326 e. The molecule has 0 bridgehead atoms. The third kappa shape index (κ3) is 1.92. The molecule has 0 aromatic heterocycles. The highest BCUT2D eigenvalue weighted by atomic mass is 79.9. The van der Waals surface area contributed by atoms with Crippen LogP contribution in [-0.4, -0.2) is 21.9 Å². The number of rotatable bonds is 0. The van der Waals surface area contributed by atoms with Crippen molar-refractivity contribution in [3.63, 3.8) is 0 Å².